The maximum absolute atomic E-state index is 9.51. The summed E-state index contributed by atoms with van der Waals surface area (Å²) in [6.45, 7) is 0.0478. The first-order valence-electron chi connectivity index (χ1n) is 6.01. The zero-order chi connectivity index (χ0) is 12.5. The van der Waals surface area contributed by atoms with Gasteiger partial charge in [0.1, 0.15) is 0 Å². The Morgan fingerprint density at radius 1 is 0.944 bits per heavy atom. The molecule has 0 aliphatic rings. The highest BCUT2D eigenvalue weighted by molar-refractivity contribution is 6.18. The van der Waals surface area contributed by atoms with E-state index >= 15 is 0 Å². The molecule has 0 spiro atoms. The highest BCUT2D eigenvalue weighted by atomic mass is 35.5. The molecule has 92 valence electrons. The van der Waals surface area contributed by atoms with Gasteiger partial charge in [-0.3, -0.25) is 0 Å². The lowest BCUT2D eigenvalue weighted by molar-refractivity contribution is 0.246. The lowest BCUT2D eigenvalue weighted by Gasteiger charge is -2.16. The first-order valence-corrected chi connectivity index (χ1v) is 6.54. The number of aliphatic hydroxyl groups is 1. The van der Waals surface area contributed by atoms with Crippen LogP contribution in [-0.4, -0.2) is 22.2 Å². The maximum Gasteiger partial charge on any atom is 0.0708 e. The van der Waals surface area contributed by atoms with E-state index < -0.39 is 0 Å². The third-order valence-electron chi connectivity index (χ3n) is 3.37. The predicted molar refractivity (Wildman–Crippen MR) is 76.3 cm³/mol. The molecule has 18 heavy (non-hydrogen) atoms. The van der Waals surface area contributed by atoms with Gasteiger partial charge in [-0.05, 0) is 12.1 Å². The van der Waals surface area contributed by atoms with Crippen molar-refractivity contribution in [2.75, 3.05) is 12.5 Å². The fourth-order valence-corrected chi connectivity index (χ4v) is 2.78. The van der Waals surface area contributed by atoms with Gasteiger partial charge in [-0.15, -0.1) is 11.6 Å². The lowest BCUT2D eigenvalue weighted by Crippen LogP contribution is -2.14. The molecule has 0 aliphatic carbocycles. The molecular weight excluding hydrogens is 246 g/mol. The van der Waals surface area contributed by atoms with Gasteiger partial charge in [-0.25, -0.2) is 0 Å². The van der Waals surface area contributed by atoms with E-state index in [1.807, 2.05) is 24.3 Å². The molecule has 0 fully saturated rings. The van der Waals surface area contributed by atoms with Gasteiger partial charge in [0.2, 0.25) is 0 Å². The first-order chi connectivity index (χ1) is 8.86. The number of halogens is 1. The molecule has 3 heteroatoms. The molecule has 0 aliphatic heterocycles. The average molecular weight is 260 g/mol. The summed E-state index contributed by atoms with van der Waals surface area (Å²) in [6, 6.07) is 16.4. The summed E-state index contributed by atoms with van der Waals surface area (Å²) >= 11 is 5.98. The molecule has 0 radical (unpaired) electrons. The monoisotopic (exact) mass is 259 g/mol. The SMILES string of the molecule is OC[C@@H](CCl)n1c2ccccc2c2ccccc21. The Balaban J connectivity index is 2.45. The highest BCUT2D eigenvalue weighted by Gasteiger charge is 2.16. The van der Waals surface area contributed by atoms with Gasteiger partial charge in [-0.1, -0.05) is 36.4 Å². The Labute approximate surface area is 110 Å². The summed E-state index contributed by atoms with van der Waals surface area (Å²) in [5.74, 6) is 0.402. The summed E-state index contributed by atoms with van der Waals surface area (Å²) < 4.78 is 2.14. The van der Waals surface area contributed by atoms with Crippen LogP contribution in [-0.2, 0) is 0 Å². The second-order valence-electron chi connectivity index (χ2n) is 4.40. The van der Waals surface area contributed by atoms with Crippen LogP contribution in [0.2, 0.25) is 0 Å². The Bertz CT molecular complexity index is 632. The van der Waals surface area contributed by atoms with Crippen LogP contribution in [0, 0.1) is 0 Å². The predicted octanol–water partition coefficient (Wildman–Crippen LogP) is 3.57. The average Bonchev–Trinajstić information content (AvgIpc) is 2.76. The number of para-hydroxylation sites is 2. The fraction of sp³-hybridized carbons (Fsp3) is 0.200. The number of benzene rings is 2. The summed E-state index contributed by atoms with van der Waals surface area (Å²) in [6.07, 6.45) is 0. The van der Waals surface area contributed by atoms with Crippen molar-refractivity contribution in [2.45, 2.75) is 6.04 Å². The molecule has 1 heterocycles. The number of hydrogen-bond acceptors (Lipinski definition) is 1. The molecule has 0 amide bonds. The largest absolute Gasteiger partial charge is 0.394 e. The molecule has 3 aromatic rings. The zero-order valence-electron chi connectivity index (χ0n) is 9.88. The molecule has 1 N–H and O–H groups in total. The molecule has 0 unspecified atom stereocenters. The van der Waals surface area contributed by atoms with Crippen molar-refractivity contribution >= 4 is 33.4 Å². The Kier molecular flexibility index (Phi) is 2.98. The van der Waals surface area contributed by atoms with Gasteiger partial charge in [-0.2, -0.15) is 0 Å². The van der Waals surface area contributed by atoms with Crippen LogP contribution in [0.4, 0.5) is 0 Å². The molecule has 2 nitrogen and oxygen atoms in total. The Morgan fingerprint density at radius 3 is 1.89 bits per heavy atom. The van der Waals surface area contributed by atoms with Crippen molar-refractivity contribution in [3.63, 3.8) is 0 Å². The first kappa shape index (κ1) is 11.6. The van der Waals surface area contributed by atoms with E-state index in [-0.39, 0.29) is 12.6 Å². The number of alkyl halides is 1. The van der Waals surface area contributed by atoms with E-state index in [0.717, 1.165) is 11.0 Å². The van der Waals surface area contributed by atoms with E-state index in [9.17, 15) is 5.11 Å². The van der Waals surface area contributed by atoms with Crippen molar-refractivity contribution in [2.24, 2.45) is 0 Å². The second-order valence-corrected chi connectivity index (χ2v) is 4.70. The minimum absolute atomic E-state index is 0.0478. The molecular formula is C15H14ClNO. The second kappa shape index (κ2) is 4.63. The van der Waals surface area contributed by atoms with Crippen LogP contribution < -0.4 is 0 Å². The highest BCUT2D eigenvalue weighted by Crippen LogP contribution is 2.31. The standard InChI is InChI=1S/C15H14ClNO/c16-9-11(10-18)17-14-7-3-1-5-12(14)13-6-2-4-8-15(13)17/h1-8,11,18H,9-10H2/t11-/m1/s1. The lowest BCUT2D eigenvalue weighted by atomic mass is 10.2. The smallest absolute Gasteiger partial charge is 0.0708 e. The van der Waals surface area contributed by atoms with Crippen LogP contribution in [0.1, 0.15) is 6.04 Å². The van der Waals surface area contributed by atoms with Gasteiger partial charge >= 0.3 is 0 Å². The summed E-state index contributed by atoms with van der Waals surface area (Å²) in [5, 5.41) is 11.9. The molecule has 3 rings (SSSR count). The van der Waals surface area contributed by atoms with E-state index in [1.54, 1.807) is 0 Å². The molecule has 0 saturated heterocycles. The minimum atomic E-state index is -0.0866. The number of aromatic nitrogens is 1. The van der Waals surface area contributed by atoms with E-state index in [1.165, 1.54) is 10.8 Å². The van der Waals surface area contributed by atoms with Crippen LogP contribution in [0.25, 0.3) is 21.8 Å². The topological polar surface area (TPSA) is 25.2 Å². The van der Waals surface area contributed by atoms with Gasteiger partial charge in [0.05, 0.1) is 12.6 Å². The van der Waals surface area contributed by atoms with E-state index in [2.05, 4.69) is 28.8 Å². The van der Waals surface area contributed by atoms with Gasteiger partial charge in [0.15, 0.2) is 0 Å². The van der Waals surface area contributed by atoms with Crippen molar-refractivity contribution < 1.29 is 5.11 Å². The molecule has 0 saturated carbocycles. The Hall–Kier alpha value is -1.51. The number of rotatable bonds is 3. The number of aliphatic hydroxyl groups excluding tert-OH is 1. The van der Waals surface area contributed by atoms with Crippen LogP contribution in [0.5, 0.6) is 0 Å². The quantitative estimate of drug-likeness (QED) is 0.715. The molecule has 2 aromatic carbocycles. The zero-order valence-corrected chi connectivity index (χ0v) is 10.6. The van der Waals surface area contributed by atoms with Crippen molar-refractivity contribution in [3.05, 3.63) is 48.5 Å². The molecule has 0 bridgehead atoms. The third kappa shape index (κ3) is 1.61. The summed E-state index contributed by atoms with van der Waals surface area (Å²) in [5.41, 5.74) is 2.25. The van der Waals surface area contributed by atoms with Gasteiger partial charge in [0.25, 0.3) is 0 Å². The van der Waals surface area contributed by atoms with Crippen LogP contribution in [0.15, 0.2) is 48.5 Å². The van der Waals surface area contributed by atoms with E-state index in [4.69, 9.17) is 11.6 Å². The fourth-order valence-electron chi connectivity index (χ4n) is 2.55. The van der Waals surface area contributed by atoms with Crippen molar-refractivity contribution in [3.8, 4) is 0 Å². The minimum Gasteiger partial charge on any atom is -0.394 e. The number of nitrogens with zero attached hydrogens (tertiary/aromatic N) is 1. The van der Waals surface area contributed by atoms with Gasteiger partial charge < -0.3 is 9.67 Å². The summed E-state index contributed by atoms with van der Waals surface area (Å²) in [4.78, 5) is 0. The number of fused-ring (bicyclic) bond motifs is 3. The maximum atomic E-state index is 9.51. The van der Waals surface area contributed by atoms with Crippen molar-refractivity contribution in [1.82, 2.24) is 4.57 Å². The Morgan fingerprint density at radius 2 is 1.44 bits per heavy atom. The van der Waals surface area contributed by atoms with Crippen LogP contribution in [0.3, 0.4) is 0 Å². The third-order valence-corrected chi connectivity index (χ3v) is 3.73. The van der Waals surface area contributed by atoms with Gasteiger partial charge in [0, 0.05) is 27.7 Å². The molecule has 1 aromatic heterocycles. The number of hydrogen-bond donors (Lipinski definition) is 1. The molecule has 1 atom stereocenters. The normalized spacial score (nSPS) is 13.2. The summed E-state index contributed by atoms with van der Waals surface area (Å²) in [7, 11) is 0. The van der Waals surface area contributed by atoms with Crippen LogP contribution >= 0.6 is 11.6 Å². The van der Waals surface area contributed by atoms with Crippen molar-refractivity contribution in [1.29, 1.82) is 0 Å². The van der Waals surface area contributed by atoms with E-state index in [0.29, 0.717) is 5.88 Å².